The molecule has 6 rings (SSSR count). The average molecular weight is 627 g/mol. The molecule has 0 saturated carbocycles. The number of benzene rings is 4. The van der Waals surface area contributed by atoms with Gasteiger partial charge in [0.05, 0.1) is 24.0 Å². The average Bonchev–Trinajstić information content (AvgIpc) is 3.04. The van der Waals surface area contributed by atoms with Gasteiger partial charge in [0.15, 0.2) is 24.1 Å². The van der Waals surface area contributed by atoms with Gasteiger partial charge in [0, 0.05) is 29.6 Å². The van der Waals surface area contributed by atoms with E-state index in [1.807, 2.05) is 48.5 Å². The molecule has 0 amide bonds. The van der Waals surface area contributed by atoms with Gasteiger partial charge in [0.2, 0.25) is 0 Å². The maximum absolute atomic E-state index is 13.1. The summed E-state index contributed by atoms with van der Waals surface area (Å²) in [6, 6.07) is 25.4. The van der Waals surface area contributed by atoms with Crippen LogP contribution in [0, 0.1) is 0 Å². The largest absolute Gasteiger partial charge is 0.481 e. The van der Waals surface area contributed by atoms with Crippen molar-refractivity contribution in [1.29, 1.82) is 0 Å². The van der Waals surface area contributed by atoms with Crippen molar-refractivity contribution in [3.63, 3.8) is 0 Å². The number of rotatable bonds is 11. The number of unbranched alkanes of at least 4 members (excludes halogenated alkanes) is 1. The van der Waals surface area contributed by atoms with E-state index in [4.69, 9.17) is 18.9 Å². The van der Waals surface area contributed by atoms with E-state index in [9.17, 15) is 19.2 Å². The first-order valence-electron chi connectivity index (χ1n) is 14.0. The zero-order valence-corrected chi connectivity index (χ0v) is 25.0. The Morgan fingerprint density at radius 1 is 0.523 bits per heavy atom. The van der Waals surface area contributed by atoms with Crippen LogP contribution in [0.5, 0.6) is 11.5 Å². The van der Waals surface area contributed by atoms with Crippen LogP contribution in [0.2, 0.25) is 0 Å². The van der Waals surface area contributed by atoms with E-state index < -0.39 is 11.9 Å². The highest BCUT2D eigenvalue weighted by Crippen LogP contribution is 2.31. The first-order chi connectivity index (χ1) is 21.5. The fourth-order valence-electron chi connectivity index (χ4n) is 4.81. The van der Waals surface area contributed by atoms with E-state index in [2.05, 4.69) is 0 Å². The van der Waals surface area contributed by atoms with E-state index >= 15 is 0 Å². The number of hydrogen-bond donors (Lipinski definition) is 0. The summed E-state index contributed by atoms with van der Waals surface area (Å²) >= 11 is 2.98. The highest BCUT2D eigenvalue weighted by atomic mass is 32.1. The Balaban J connectivity index is 0.935. The number of hydrogen-bond acceptors (Lipinski definition) is 10. The summed E-state index contributed by atoms with van der Waals surface area (Å²) in [7, 11) is 0. The van der Waals surface area contributed by atoms with Crippen molar-refractivity contribution < 1.29 is 28.5 Å². The van der Waals surface area contributed by atoms with Crippen LogP contribution < -0.4 is 20.3 Å². The van der Waals surface area contributed by atoms with Gasteiger partial charge in [0.1, 0.15) is 11.5 Å². The molecule has 0 N–H and O–H groups in total. The van der Waals surface area contributed by atoms with Crippen LogP contribution in [0.4, 0.5) is 0 Å². The van der Waals surface area contributed by atoms with Crippen LogP contribution >= 0.6 is 22.7 Å². The SMILES string of the molecule is O=C(COc1cccc2sc3ccccc3c(=O)c12)OCCCCOC(=O)COc1cccc2sc3ccccc3c(=O)c12. The molecule has 0 atom stereocenters. The first kappa shape index (κ1) is 29.3. The zero-order valence-electron chi connectivity index (χ0n) is 23.4. The summed E-state index contributed by atoms with van der Waals surface area (Å²) < 4.78 is 25.1. The predicted octanol–water partition coefficient (Wildman–Crippen LogP) is 6.47. The minimum atomic E-state index is -0.564. The molecular weight excluding hydrogens is 601 g/mol. The molecule has 0 aliphatic carbocycles. The molecule has 0 aliphatic rings. The van der Waals surface area contributed by atoms with Crippen LogP contribution in [0.1, 0.15) is 12.8 Å². The van der Waals surface area contributed by atoms with Crippen LogP contribution in [0.3, 0.4) is 0 Å². The van der Waals surface area contributed by atoms with Gasteiger partial charge in [0.25, 0.3) is 0 Å². The van der Waals surface area contributed by atoms with Gasteiger partial charge in [-0.3, -0.25) is 9.59 Å². The lowest BCUT2D eigenvalue weighted by molar-refractivity contribution is -0.148. The molecule has 10 heteroatoms. The molecule has 0 fully saturated rings. The van der Waals surface area contributed by atoms with Crippen molar-refractivity contribution in [3.05, 3.63) is 105 Å². The molecule has 0 saturated heterocycles. The lowest BCUT2D eigenvalue weighted by atomic mass is 10.1. The molecule has 2 aromatic heterocycles. The highest BCUT2D eigenvalue weighted by molar-refractivity contribution is 7.25. The Morgan fingerprint density at radius 3 is 1.39 bits per heavy atom. The van der Waals surface area contributed by atoms with Crippen molar-refractivity contribution in [3.8, 4) is 11.5 Å². The van der Waals surface area contributed by atoms with Crippen molar-refractivity contribution in [2.45, 2.75) is 12.8 Å². The quantitative estimate of drug-likeness (QED) is 0.0916. The third-order valence-corrected chi connectivity index (χ3v) is 9.16. The van der Waals surface area contributed by atoms with Gasteiger partial charge in [-0.2, -0.15) is 0 Å². The maximum Gasteiger partial charge on any atom is 0.344 e. The molecule has 8 nitrogen and oxygen atoms in total. The summed E-state index contributed by atoms with van der Waals surface area (Å²) in [5.74, 6) is -0.453. The second-order valence-electron chi connectivity index (χ2n) is 9.84. The molecule has 0 bridgehead atoms. The smallest absolute Gasteiger partial charge is 0.344 e. The van der Waals surface area contributed by atoms with Gasteiger partial charge in [-0.05, 0) is 61.4 Å². The van der Waals surface area contributed by atoms with Crippen molar-refractivity contribution in [1.82, 2.24) is 0 Å². The number of carbonyl (C=O) groups excluding carboxylic acids is 2. The van der Waals surface area contributed by atoms with E-state index in [0.29, 0.717) is 45.9 Å². The van der Waals surface area contributed by atoms with Crippen molar-refractivity contribution >= 4 is 75.0 Å². The second kappa shape index (κ2) is 13.2. The van der Waals surface area contributed by atoms with Gasteiger partial charge >= 0.3 is 11.9 Å². The Bertz CT molecular complexity index is 1980. The summed E-state index contributed by atoms with van der Waals surface area (Å²) in [5, 5.41) is 2.10. The van der Waals surface area contributed by atoms with Gasteiger partial charge < -0.3 is 18.9 Å². The van der Waals surface area contributed by atoms with Crippen LogP contribution in [-0.4, -0.2) is 38.4 Å². The third-order valence-electron chi connectivity index (χ3n) is 6.89. The molecule has 44 heavy (non-hydrogen) atoms. The normalized spacial score (nSPS) is 11.2. The number of carbonyl (C=O) groups is 2. The zero-order chi connectivity index (χ0) is 30.5. The molecule has 2 heterocycles. The third kappa shape index (κ3) is 6.27. The summed E-state index contributed by atoms with van der Waals surface area (Å²) in [6.45, 7) is -0.415. The molecule has 0 spiro atoms. The Kier molecular flexibility index (Phi) is 8.81. The second-order valence-corrected chi connectivity index (χ2v) is 12.0. The summed E-state index contributed by atoms with van der Waals surface area (Å²) in [6.07, 6.45) is 0.952. The number of fused-ring (bicyclic) bond motifs is 4. The van der Waals surface area contributed by atoms with Crippen LogP contribution in [0.25, 0.3) is 40.3 Å². The Morgan fingerprint density at radius 2 is 0.932 bits per heavy atom. The van der Waals surface area contributed by atoms with Crippen molar-refractivity contribution in [2.75, 3.05) is 26.4 Å². The number of esters is 2. The minimum Gasteiger partial charge on any atom is -0.481 e. The maximum atomic E-state index is 13.1. The van der Waals surface area contributed by atoms with Gasteiger partial charge in [-0.25, -0.2) is 9.59 Å². The molecule has 222 valence electrons. The van der Waals surface area contributed by atoms with Crippen LogP contribution in [0.15, 0.2) is 94.5 Å². The minimum absolute atomic E-state index is 0.128. The van der Waals surface area contributed by atoms with Gasteiger partial charge in [-0.1, -0.05) is 36.4 Å². The molecule has 6 aromatic rings. The predicted molar refractivity (Wildman–Crippen MR) is 173 cm³/mol. The highest BCUT2D eigenvalue weighted by Gasteiger charge is 2.14. The molecule has 0 radical (unpaired) electrons. The fourth-order valence-corrected chi connectivity index (χ4v) is 7.00. The van der Waals surface area contributed by atoms with Crippen molar-refractivity contribution in [2.24, 2.45) is 0 Å². The lowest BCUT2D eigenvalue weighted by Gasteiger charge is -2.10. The summed E-state index contributed by atoms with van der Waals surface area (Å²) in [5.41, 5.74) is -0.278. The van der Waals surface area contributed by atoms with E-state index in [0.717, 1.165) is 18.8 Å². The molecule has 4 aromatic carbocycles. The van der Waals surface area contributed by atoms with E-state index in [-0.39, 0.29) is 37.3 Å². The lowest BCUT2D eigenvalue weighted by Crippen LogP contribution is -2.18. The monoisotopic (exact) mass is 626 g/mol. The topological polar surface area (TPSA) is 105 Å². The standard InChI is InChI=1S/C34H26O8S2/c35-29(19-41-23-11-7-15-27-31(23)33(37)21-9-1-3-13-25(21)43-27)39-17-5-6-18-40-30(36)20-42-24-12-8-16-28-32(24)34(38)22-10-2-4-14-26(22)44-28/h1-4,7-16H,5-6,17-20H2. The number of ether oxygens (including phenoxy) is 4. The first-order valence-corrected chi connectivity index (χ1v) is 15.6. The van der Waals surface area contributed by atoms with E-state index in [1.165, 1.54) is 22.7 Å². The van der Waals surface area contributed by atoms with Crippen LogP contribution in [-0.2, 0) is 19.1 Å². The molecule has 0 aliphatic heterocycles. The van der Waals surface area contributed by atoms with E-state index in [1.54, 1.807) is 36.4 Å². The summed E-state index contributed by atoms with van der Waals surface area (Å²) in [4.78, 5) is 50.6. The van der Waals surface area contributed by atoms with Gasteiger partial charge in [-0.15, -0.1) is 22.7 Å². The molecule has 0 unspecified atom stereocenters. The Hall–Kier alpha value is -4.80. The Labute approximate surface area is 259 Å². The molecular formula is C34H26O8S2. The fraction of sp³-hybridized carbons (Fsp3) is 0.176.